The molecule has 0 unspecified atom stereocenters. The molecular weight excluding hydrogens is 286 g/mol. The molecule has 0 aliphatic carbocycles. The summed E-state index contributed by atoms with van der Waals surface area (Å²) in [7, 11) is 0. The second kappa shape index (κ2) is 5.66. The Morgan fingerprint density at radius 3 is 2.74 bits per heavy atom. The fraction of sp³-hybridized carbons (Fsp3) is 0.455. The number of hydrogen-bond donors (Lipinski definition) is 1. The molecule has 2 heterocycles. The second-order valence-corrected chi connectivity index (χ2v) is 5.31. The molecule has 2 rings (SSSR count). The Labute approximate surface area is 119 Å². The Kier molecular flexibility index (Phi) is 4.16. The van der Waals surface area contributed by atoms with Crippen LogP contribution in [0.3, 0.4) is 0 Å². The number of nitrogens with one attached hydrogen (secondary N) is 1. The third-order valence-electron chi connectivity index (χ3n) is 2.56. The fourth-order valence-electron chi connectivity index (χ4n) is 1.61. The minimum Gasteiger partial charge on any atom is -0.295 e. The number of anilines is 1. The first-order valence-electron chi connectivity index (χ1n) is 5.93. The van der Waals surface area contributed by atoms with E-state index in [9.17, 15) is 4.79 Å². The molecule has 0 bridgehead atoms. The Morgan fingerprint density at radius 2 is 2.16 bits per heavy atom. The number of hydrogen-bond acceptors (Lipinski definition) is 5. The molecule has 6 nitrogen and oxygen atoms in total. The molecule has 8 heteroatoms. The van der Waals surface area contributed by atoms with Crippen LogP contribution in [0.15, 0.2) is 0 Å². The lowest BCUT2D eigenvalue weighted by Crippen LogP contribution is -2.17. The van der Waals surface area contributed by atoms with Gasteiger partial charge in [-0.1, -0.05) is 29.9 Å². The Morgan fingerprint density at radius 1 is 1.42 bits per heavy atom. The summed E-state index contributed by atoms with van der Waals surface area (Å²) < 4.78 is 1.58. The average molecular weight is 300 g/mol. The molecule has 0 saturated carbocycles. The van der Waals surface area contributed by atoms with E-state index < -0.39 is 0 Å². The predicted molar refractivity (Wildman–Crippen MR) is 74.9 cm³/mol. The van der Waals surface area contributed by atoms with Gasteiger partial charge in [0.05, 0.1) is 10.7 Å². The first-order chi connectivity index (χ1) is 9.06. The van der Waals surface area contributed by atoms with Crippen LogP contribution in [0.2, 0.25) is 5.02 Å². The quantitative estimate of drug-likeness (QED) is 0.941. The Hall–Kier alpha value is -1.47. The van der Waals surface area contributed by atoms with Crippen molar-refractivity contribution in [3.05, 3.63) is 21.4 Å². The molecule has 0 fully saturated rings. The van der Waals surface area contributed by atoms with Crippen molar-refractivity contribution in [2.75, 3.05) is 5.32 Å². The van der Waals surface area contributed by atoms with Crippen LogP contribution in [0.1, 0.15) is 35.0 Å². The third kappa shape index (κ3) is 2.76. The number of rotatable bonds is 4. The van der Waals surface area contributed by atoms with Crippen molar-refractivity contribution in [1.82, 2.24) is 20.0 Å². The number of amides is 1. The minimum absolute atomic E-state index is 0.314. The van der Waals surface area contributed by atoms with Crippen LogP contribution >= 0.6 is 22.9 Å². The van der Waals surface area contributed by atoms with Crippen LogP contribution in [-0.4, -0.2) is 25.9 Å². The molecule has 2 aromatic rings. The predicted octanol–water partition coefficient (Wildman–Crippen LogP) is 2.53. The highest BCUT2D eigenvalue weighted by Gasteiger charge is 2.20. The topological polar surface area (TPSA) is 72.7 Å². The van der Waals surface area contributed by atoms with Gasteiger partial charge in [0.25, 0.3) is 5.91 Å². The highest BCUT2D eigenvalue weighted by atomic mass is 35.5. The van der Waals surface area contributed by atoms with Crippen molar-refractivity contribution in [2.45, 2.75) is 33.7 Å². The van der Waals surface area contributed by atoms with E-state index >= 15 is 0 Å². The molecule has 102 valence electrons. The van der Waals surface area contributed by atoms with Crippen molar-refractivity contribution in [3.63, 3.8) is 0 Å². The molecule has 1 amide bonds. The normalized spacial score (nSPS) is 10.7. The number of aryl methyl sites for hydroxylation is 3. The first-order valence-corrected chi connectivity index (χ1v) is 7.12. The molecule has 0 aromatic carbocycles. The van der Waals surface area contributed by atoms with Gasteiger partial charge >= 0.3 is 0 Å². The summed E-state index contributed by atoms with van der Waals surface area (Å²) in [5, 5.41) is 16.5. The molecule has 0 spiro atoms. The van der Waals surface area contributed by atoms with Crippen LogP contribution < -0.4 is 5.32 Å². The van der Waals surface area contributed by atoms with Crippen LogP contribution in [0.4, 0.5) is 5.13 Å². The summed E-state index contributed by atoms with van der Waals surface area (Å²) >= 11 is 7.46. The van der Waals surface area contributed by atoms with Crippen molar-refractivity contribution in [2.24, 2.45) is 0 Å². The van der Waals surface area contributed by atoms with Gasteiger partial charge < -0.3 is 0 Å². The lowest BCUT2D eigenvalue weighted by atomic mass is 10.3. The van der Waals surface area contributed by atoms with Crippen molar-refractivity contribution < 1.29 is 4.79 Å². The molecule has 1 N–H and O–H groups in total. The first kappa shape index (κ1) is 14.0. The van der Waals surface area contributed by atoms with Crippen LogP contribution in [0.25, 0.3) is 0 Å². The van der Waals surface area contributed by atoms with Crippen LogP contribution in [0, 0.1) is 6.92 Å². The zero-order valence-electron chi connectivity index (χ0n) is 10.9. The maximum atomic E-state index is 12.2. The Bertz CT molecular complexity index is 606. The van der Waals surface area contributed by atoms with E-state index in [0.717, 1.165) is 11.4 Å². The molecule has 0 saturated heterocycles. The van der Waals surface area contributed by atoms with Gasteiger partial charge in [0.1, 0.15) is 10.7 Å². The molecular formula is C11H14ClN5OS. The summed E-state index contributed by atoms with van der Waals surface area (Å²) in [6.07, 6.45) is 0.792. The summed E-state index contributed by atoms with van der Waals surface area (Å²) in [5.41, 5.74) is 0.995. The molecule has 0 aliphatic rings. The monoisotopic (exact) mass is 299 g/mol. The fourth-order valence-corrected chi connectivity index (χ4v) is 2.50. The van der Waals surface area contributed by atoms with Crippen molar-refractivity contribution in [3.8, 4) is 0 Å². The van der Waals surface area contributed by atoms with Gasteiger partial charge in [0.15, 0.2) is 0 Å². The maximum absolute atomic E-state index is 12.2. The van der Waals surface area contributed by atoms with Crippen molar-refractivity contribution in [1.29, 1.82) is 0 Å². The molecule has 19 heavy (non-hydrogen) atoms. The smallest absolute Gasteiger partial charge is 0.277 e. The number of aromatic nitrogens is 4. The summed E-state index contributed by atoms with van der Waals surface area (Å²) in [5.74, 6) is -0.314. The van der Waals surface area contributed by atoms with Gasteiger partial charge in [-0.2, -0.15) is 5.10 Å². The standard InChI is InChI=1S/C11H14ClN5OS/c1-4-7-14-15-11(19-7)13-10(18)9-8(12)6(3)16-17(9)5-2/h4-5H2,1-3H3,(H,13,15,18). The molecule has 0 radical (unpaired) electrons. The van der Waals surface area contributed by atoms with E-state index in [2.05, 4.69) is 20.6 Å². The number of carbonyl (C=O) groups is 1. The summed E-state index contributed by atoms with van der Waals surface area (Å²) in [4.78, 5) is 12.2. The van der Waals surface area contributed by atoms with E-state index in [1.54, 1.807) is 11.6 Å². The Balaban J connectivity index is 2.24. The van der Waals surface area contributed by atoms with E-state index in [0.29, 0.717) is 28.1 Å². The van der Waals surface area contributed by atoms with E-state index in [1.165, 1.54) is 11.3 Å². The third-order valence-corrected chi connectivity index (χ3v) is 3.99. The van der Waals surface area contributed by atoms with Crippen LogP contribution in [0.5, 0.6) is 0 Å². The van der Waals surface area contributed by atoms with Gasteiger partial charge in [-0.15, -0.1) is 10.2 Å². The van der Waals surface area contributed by atoms with E-state index in [1.807, 2.05) is 13.8 Å². The van der Waals surface area contributed by atoms with Crippen molar-refractivity contribution >= 4 is 34.0 Å². The molecule has 0 aliphatic heterocycles. The second-order valence-electron chi connectivity index (χ2n) is 3.87. The lowest BCUT2D eigenvalue weighted by Gasteiger charge is -2.04. The van der Waals surface area contributed by atoms with Gasteiger partial charge in [0, 0.05) is 6.54 Å². The van der Waals surface area contributed by atoms with Gasteiger partial charge in [-0.05, 0) is 20.3 Å². The zero-order valence-corrected chi connectivity index (χ0v) is 12.5. The number of halogens is 1. The summed E-state index contributed by atoms with van der Waals surface area (Å²) in [6.45, 7) is 6.23. The SMILES string of the molecule is CCc1nnc(NC(=O)c2c(Cl)c(C)nn2CC)s1. The van der Waals surface area contributed by atoms with E-state index in [4.69, 9.17) is 11.6 Å². The number of nitrogens with zero attached hydrogens (tertiary/aromatic N) is 4. The van der Waals surface area contributed by atoms with Gasteiger partial charge in [0.2, 0.25) is 5.13 Å². The average Bonchev–Trinajstić information content (AvgIpc) is 2.95. The van der Waals surface area contributed by atoms with Gasteiger partial charge in [-0.3, -0.25) is 14.8 Å². The van der Waals surface area contributed by atoms with Crippen LogP contribution in [-0.2, 0) is 13.0 Å². The minimum atomic E-state index is -0.314. The molecule has 0 atom stereocenters. The zero-order chi connectivity index (χ0) is 14.0. The van der Waals surface area contributed by atoms with E-state index in [-0.39, 0.29) is 5.91 Å². The lowest BCUT2D eigenvalue weighted by molar-refractivity contribution is 0.101. The largest absolute Gasteiger partial charge is 0.295 e. The highest BCUT2D eigenvalue weighted by molar-refractivity contribution is 7.15. The summed E-state index contributed by atoms with van der Waals surface area (Å²) in [6, 6.07) is 0. The number of carbonyl (C=O) groups excluding carboxylic acids is 1. The molecule has 2 aromatic heterocycles. The highest BCUT2D eigenvalue weighted by Crippen LogP contribution is 2.22. The van der Waals surface area contributed by atoms with Gasteiger partial charge in [-0.25, -0.2) is 0 Å². The maximum Gasteiger partial charge on any atom is 0.277 e.